The highest BCUT2D eigenvalue weighted by molar-refractivity contribution is 5.58. The van der Waals surface area contributed by atoms with Crippen molar-refractivity contribution in [1.29, 1.82) is 0 Å². The van der Waals surface area contributed by atoms with Gasteiger partial charge in [0.2, 0.25) is 0 Å². The van der Waals surface area contributed by atoms with Gasteiger partial charge in [0, 0.05) is 51.6 Å². The van der Waals surface area contributed by atoms with E-state index in [1.165, 1.54) is 22.3 Å². The lowest BCUT2D eigenvalue weighted by Crippen LogP contribution is -2.34. The van der Waals surface area contributed by atoms with Crippen LogP contribution in [0.1, 0.15) is 41.5 Å². The van der Waals surface area contributed by atoms with Gasteiger partial charge < -0.3 is 29.4 Å². The van der Waals surface area contributed by atoms with Crippen LogP contribution < -0.4 is 14.8 Å². The molecule has 3 aromatic rings. The zero-order chi connectivity index (χ0) is 29.0. The molecular formula is C34H46N2O5. The van der Waals surface area contributed by atoms with Crippen molar-refractivity contribution >= 4 is 5.69 Å². The first kappa shape index (κ1) is 30.7. The Labute approximate surface area is 245 Å². The fourth-order valence-corrected chi connectivity index (χ4v) is 5.61. The molecule has 0 heterocycles. The van der Waals surface area contributed by atoms with Gasteiger partial charge in [0.15, 0.2) is 0 Å². The summed E-state index contributed by atoms with van der Waals surface area (Å²) in [5.74, 6) is 2.51. The highest BCUT2D eigenvalue weighted by Gasteiger charge is 2.23. The molecular weight excluding hydrogens is 516 g/mol. The van der Waals surface area contributed by atoms with Crippen LogP contribution in [-0.2, 0) is 28.7 Å². The Morgan fingerprint density at radius 3 is 2.27 bits per heavy atom. The van der Waals surface area contributed by atoms with E-state index in [-0.39, 0.29) is 6.04 Å². The quantitative estimate of drug-likeness (QED) is 0.232. The van der Waals surface area contributed by atoms with Crippen LogP contribution in [-0.4, -0.2) is 76.8 Å². The second kappa shape index (κ2) is 15.7. The average Bonchev–Trinajstić information content (AvgIpc) is 2.98. The van der Waals surface area contributed by atoms with Gasteiger partial charge in [-0.3, -0.25) is 4.90 Å². The molecule has 0 amide bonds. The Kier molecular flexibility index (Phi) is 11.7. The molecule has 0 saturated heterocycles. The number of phenols is 1. The summed E-state index contributed by atoms with van der Waals surface area (Å²) < 4.78 is 22.0. The Hall–Kier alpha value is -3.26. The van der Waals surface area contributed by atoms with Crippen molar-refractivity contribution in [2.75, 3.05) is 66.1 Å². The van der Waals surface area contributed by atoms with Crippen LogP contribution in [0.25, 0.3) is 0 Å². The van der Waals surface area contributed by atoms with Gasteiger partial charge >= 0.3 is 0 Å². The number of benzene rings is 3. The van der Waals surface area contributed by atoms with Gasteiger partial charge in [-0.25, -0.2) is 0 Å². The second-order valence-electron chi connectivity index (χ2n) is 10.9. The standard InChI is InChI=1S/C34H46N2O5/c1-25(21-26-5-11-31(12-6-26)41-20-17-36(15-18-38-2)16-19-39-3)35-34-24-32(40-4)13-14-33(34)29-8-7-28-23-30(37)10-9-27(28)22-29/h5-6,9-14,23-25,29,35,37H,7-8,15-22H2,1-4H3. The minimum Gasteiger partial charge on any atom is -0.508 e. The first-order valence-electron chi connectivity index (χ1n) is 14.7. The molecule has 0 aromatic heterocycles. The van der Waals surface area contributed by atoms with Gasteiger partial charge in [0.1, 0.15) is 23.9 Å². The Morgan fingerprint density at radius 1 is 0.854 bits per heavy atom. The van der Waals surface area contributed by atoms with Crippen LogP contribution in [0.4, 0.5) is 5.69 Å². The predicted molar refractivity (Wildman–Crippen MR) is 165 cm³/mol. The lowest BCUT2D eigenvalue weighted by Gasteiger charge is -2.28. The molecule has 2 N–H and O–H groups in total. The fraction of sp³-hybridized carbons (Fsp3) is 0.471. The van der Waals surface area contributed by atoms with Crippen molar-refractivity contribution in [2.45, 2.75) is 44.6 Å². The molecule has 7 heteroatoms. The number of fused-ring (bicyclic) bond motifs is 1. The summed E-state index contributed by atoms with van der Waals surface area (Å²) in [6.07, 6.45) is 3.90. The molecule has 0 fully saturated rings. The van der Waals surface area contributed by atoms with Gasteiger partial charge in [-0.2, -0.15) is 0 Å². The number of ether oxygens (including phenoxy) is 4. The first-order valence-corrected chi connectivity index (χ1v) is 14.7. The Morgan fingerprint density at radius 2 is 1.56 bits per heavy atom. The monoisotopic (exact) mass is 562 g/mol. The van der Waals surface area contributed by atoms with Gasteiger partial charge in [-0.15, -0.1) is 0 Å². The van der Waals surface area contributed by atoms with Gasteiger partial charge in [-0.1, -0.05) is 24.3 Å². The maximum Gasteiger partial charge on any atom is 0.120 e. The zero-order valence-electron chi connectivity index (χ0n) is 25.0. The summed E-state index contributed by atoms with van der Waals surface area (Å²) in [4.78, 5) is 2.29. The van der Waals surface area contributed by atoms with Crippen LogP contribution in [0, 0.1) is 0 Å². The topological polar surface area (TPSA) is 72.4 Å². The summed E-state index contributed by atoms with van der Waals surface area (Å²) >= 11 is 0. The minimum atomic E-state index is 0.232. The molecule has 1 aliphatic carbocycles. The third kappa shape index (κ3) is 9.12. The van der Waals surface area contributed by atoms with Gasteiger partial charge in [0.25, 0.3) is 0 Å². The van der Waals surface area contributed by atoms with Crippen molar-refractivity contribution in [3.05, 3.63) is 82.9 Å². The number of hydrogen-bond acceptors (Lipinski definition) is 7. The molecule has 0 radical (unpaired) electrons. The van der Waals surface area contributed by atoms with Crippen molar-refractivity contribution in [3.63, 3.8) is 0 Å². The smallest absolute Gasteiger partial charge is 0.120 e. The summed E-state index contributed by atoms with van der Waals surface area (Å²) in [5, 5.41) is 13.7. The Bertz CT molecular complexity index is 1210. The fourth-order valence-electron chi connectivity index (χ4n) is 5.61. The number of methoxy groups -OCH3 is 3. The highest BCUT2D eigenvalue weighted by Crippen LogP contribution is 2.38. The van der Waals surface area contributed by atoms with E-state index >= 15 is 0 Å². The first-order chi connectivity index (χ1) is 20.0. The van der Waals surface area contributed by atoms with E-state index < -0.39 is 0 Å². The number of hydrogen-bond donors (Lipinski definition) is 2. The van der Waals surface area contributed by atoms with Crippen molar-refractivity contribution in [1.82, 2.24) is 4.90 Å². The molecule has 2 atom stereocenters. The van der Waals surface area contributed by atoms with Crippen LogP contribution >= 0.6 is 0 Å². The van der Waals surface area contributed by atoms with E-state index in [4.69, 9.17) is 18.9 Å². The van der Waals surface area contributed by atoms with Crippen LogP contribution in [0.2, 0.25) is 0 Å². The molecule has 3 aromatic carbocycles. The van der Waals surface area contributed by atoms with E-state index in [0.29, 0.717) is 31.5 Å². The summed E-state index contributed by atoms with van der Waals surface area (Å²) in [6.45, 7) is 6.79. The van der Waals surface area contributed by atoms with E-state index in [9.17, 15) is 5.11 Å². The van der Waals surface area contributed by atoms with E-state index in [1.54, 1.807) is 27.4 Å². The average molecular weight is 563 g/mol. The molecule has 7 nitrogen and oxygen atoms in total. The van der Waals surface area contributed by atoms with Gasteiger partial charge in [-0.05, 0) is 91.1 Å². The van der Waals surface area contributed by atoms with E-state index in [2.05, 4.69) is 65.7 Å². The Balaban J connectivity index is 1.33. The van der Waals surface area contributed by atoms with E-state index in [1.807, 2.05) is 6.07 Å². The van der Waals surface area contributed by atoms with Crippen LogP contribution in [0.3, 0.4) is 0 Å². The third-order valence-corrected chi connectivity index (χ3v) is 7.89. The molecule has 0 spiro atoms. The van der Waals surface area contributed by atoms with E-state index in [0.717, 1.165) is 62.5 Å². The number of nitrogens with one attached hydrogen (secondary N) is 1. The van der Waals surface area contributed by atoms with Crippen LogP contribution in [0.5, 0.6) is 17.2 Å². The molecule has 41 heavy (non-hydrogen) atoms. The SMILES string of the molecule is COCCN(CCOC)CCOc1ccc(CC(C)Nc2cc(OC)ccc2C2CCc3cc(O)ccc3C2)cc1. The molecule has 0 saturated carbocycles. The number of rotatable bonds is 16. The number of phenolic OH excluding ortho intramolecular Hbond substituents is 1. The number of anilines is 1. The molecule has 4 rings (SSSR count). The summed E-state index contributed by atoms with van der Waals surface area (Å²) in [6, 6.07) is 20.8. The zero-order valence-corrected chi connectivity index (χ0v) is 25.0. The molecule has 0 aliphatic heterocycles. The summed E-state index contributed by atoms with van der Waals surface area (Å²) in [7, 11) is 5.16. The number of nitrogens with zero attached hydrogens (tertiary/aromatic N) is 1. The number of aromatic hydroxyl groups is 1. The lowest BCUT2D eigenvalue weighted by molar-refractivity contribution is 0.104. The molecule has 0 bridgehead atoms. The number of aryl methyl sites for hydroxylation is 1. The van der Waals surface area contributed by atoms with Crippen molar-refractivity contribution in [2.24, 2.45) is 0 Å². The predicted octanol–water partition coefficient (Wildman–Crippen LogP) is 5.69. The highest BCUT2D eigenvalue weighted by atomic mass is 16.5. The van der Waals surface area contributed by atoms with Crippen molar-refractivity contribution in [3.8, 4) is 17.2 Å². The molecule has 2 unspecified atom stereocenters. The summed E-state index contributed by atoms with van der Waals surface area (Å²) in [5.41, 5.74) is 6.31. The lowest BCUT2D eigenvalue weighted by atomic mass is 9.79. The molecule has 1 aliphatic rings. The second-order valence-corrected chi connectivity index (χ2v) is 10.9. The normalized spacial score (nSPS) is 15.4. The van der Waals surface area contributed by atoms with Gasteiger partial charge in [0.05, 0.1) is 20.3 Å². The third-order valence-electron chi connectivity index (χ3n) is 7.89. The van der Waals surface area contributed by atoms with Crippen LogP contribution in [0.15, 0.2) is 60.7 Å². The largest absolute Gasteiger partial charge is 0.508 e. The maximum absolute atomic E-state index is 9.88. The minimum absolute atomic E-state index is 0.232. The maximum atomic E-state index is 9.88. The van der Waals surface area contributed by atoms with Crippen molar-refractivity contribution < 1.29 is 24.1 Å². The molecule has 222 valence electrons.